The number of hydrogen-bond donors (Lipinski definition) is 2. The molecule has 0 aliphatic rings. The number of phenolic OH excluding ortho intramolecular Hbond substituents is 1. The summed E-state index contributed by atoms with van der Waals surface area (Å²) >= 11 is 3.38. The highest BCUT2D eigenvalue weighted by atomic mass is 79.9. The van der Waals surface area contributed by atoms with E-state index in [4.69, 9.17) is 0 Å². The molecule has 106 valence electrons. The van der Waals surface area contributed by atoms with Gasteiger partial charge in [-0.05, 0) is 65.5 Å². The molecule has 2 N–H and O–H groups in total. The van der Waals surface area contributed by atoms with Crippen LogP contribution in [0, 0.1) is 0 Å². The first-order valence-electron chi connectivity index (χ1n) is 6.76. The first kappa shape index (κ1) is 15.0. The molecule has 20 heavy (non-hydrogen) atoms. The molecule has 0 fully saturated rings. The van der Waals surface area contributed by atoms with E-state index in [0.29, 0.717) is 11.8 Å². The summed E-state index contributed by atoms with van der Waals surface area (Å²) < 4.78 is 0.869. The average Bonchev–Trinajstić information content (AvgIpc) is 2.45. The minimum atomic E-state index is 0.320. The molecule has 4 heteroatoms. The smallest absolute Gasteiger partial charge is 0.115 e. The molecule has 1 unspecified atom stereocenters. The van der Waals surface area contributed by atoms with Gasteiger partial charge in [0.05, 0.1) is 5.69 Å². The van der Waals surface area contributed by atoms with Crippen LogP contribution in [0.25, 0.3) is 0 Å². The number of nitrogens with one attached hydrogen (secondary N) is 1. The van der Waals surface area contributed by atoms with E-state index in [1.165, 1.54) is 5.56 Å². The lowest BCUT2D eigenvalue weighted by Crippen LogP contribution is -2.26. The molecule has 1 aromatic carbocycles. The second-order valence-electron chi connectivity index (χ2n) is 4.94. The fourth-order valence-electron chi connectivity index (χ4n) is 1.98. The molecular formula is C16H19BrN2O. The Labute approximate surface area is 128 Å². The standard InChI is InChI=1S/C16H19BrN2O/c1-12(5-6-13-7-9-15(20)10-8-13)18-11-14-3-2-4-16(17)19-14/h2-4,7-10,12,18,20H,5-6,11H2,1H3. The van der Waals surface area contributed by atoms with Crippen LogP contribution in [0.3, 0.4) is 0 Å². The minimum Gasteiger partial charge on any atom is -0.508 e. The first-order chi connectivity index (χ1) is 9.63. The number of aromatic hydroxyl groups is 1. The van der Waals surface area contributed by atoms with Gasteiger partial charge in [-0.1, -0.05) is 18.2 Å². The molecule has 1 aromatic heterocycles. The van der Waals surface area contributed by atoms with Crippen molar-refractivity contribution in [1.29, 1.82) is 0 Å². The maximum atomic E-state index is 9.24. The largest absolute Gasteiger partial charge is 0.508 e. The van der Waals surface area contributed by atoms with E-state index in [9.17, 15) is 5.11 Å². The second-order valence-corrected chi connectivity index (χ2v) is 5.75. The summed E-state index contributed by atoms with van der Waals surface area (Å²) in [6.07, 6.45) is 2.05. The van der Waals surface area contributed by atoms with Crippen LogP contribution >= 0.6 is 15.9 Å². The van der Waals surface area contributed by atoms with Crippen LogP contribution < -0.4 is 5.32 Å². The molecular weight excluding hydrogens is 316 g/mol. The predicted molar refractivity (Wildman–Crippen MR) is 84.7 cm³/mol. The molecule has 0 aliphatic carbocycles. The lowest BCUT2D eigenvalue weighted by atomic mass is 10.1. The topological polar surface area (TPSA) is 45.1 Å². The molecule has 0 bridgehead atoms. The van der Waals surface area contributed by atoms with Crippen LogP contribution in [0.4, 0.5) is 0 Å². The maximum absolute atomic E-state index is 9.24. The number of hydrogen-bond acceptors (Lipinski definition) is 3. The summed E-state index contributed by atoms with van der Waals surface area (Å²) in [4.78, 5) is 4.40. The van der Waals surface area contributed by atoms with Crippen molar-refractivity contribution in [3.8, 4) is 5.75 Å². The van der Waals surface area contributed by atoms with E-state index in [1.54, 1.807) is 12.1 Å². The van der Waals surface area contributed by atoms with Gasteiger partial charge in [0.15, 0.2) is 0 Å². The van der Waals surface area contributed by atoms with Gasteiger partial charge in [0.2, 0.25) is 0 Å². The van der Waals surface area contributed by atoms with Crippen molar-refractivity contribution in [2.24, 2.45) is 0 Å². The Morgan fingerprint density at radius 2 is 1.95 bits per heavy atom. The molecule has 0 radical (unpaired) electrons. The van der Waals surface area contributed by atoms with Crippen molar-refractivity contribution in [2.75, 3.05) is 0 Å². The van der Waals surface area contributed by atoms with Crippen molar-refractivity contribution in [3.63, 3.8) is 0 Å². The van der Waals surface area contributed by atoms with E-state index in [0.717, 1.165) is 29.7 Å². The molecule has 0 spiro atoms. The van der Waals surface area contributed by atoms with Gasteiger partial charge in [0, 0.05) is 12.6 Å². The predicted octanol–water partition coefficient (Wildman–Crippen LogP) is 3.66. The van der Waals surface area contributed by atoms with E-state index < -0.39 is 0 Å². The molecule has 0 saturated heterocycles. The van der Waals surface area contributed by atoms with Crippen molar-refractivity contribution >= 4 is 15.9 Å². The Bertz CT molecular complexity index is 542. The summed E-state index contributed by atoms with van der Waals surface area (Å²) in [5.41, 5.74) is 2.29. The first-order valence-corrected chi connectivity index (χ1v) is 7.55. The zero-order valence-electron chi connectivity index (χ0n) is 11.5. The lowest BCUT2D eigenvalue weighted by molar-refractivity contribution is 0.474. The van der Waals surface area contributed by atoms with E-state index >= 15 is 0 Å². The molecule has 0 saturated carbocycles. The Hall–Kier alpha value is -1.39. The maximum Gasteiger partial charge on any atom is 0.115 e. The SMILES string of the molecule is CC(CCc1ccc(O)cc1)NCc1cccc(Br)n1. The van der Waals surface area contributed by atoms with Crippen LogP contribution in [0.5, 0.6) is 5.75 Å². The lowest BCUT2D eigenvalue weighted by Gasteiger charge is -2.13. The summed E-state index contributed by atoms with van der Waals surface area (Å²) in [5.74, 6) is 0.320. The van der Waals surface area contributed by atoms with Crippen LogP contribution in [0.1, 0.15) is 24.6 Å². The molecule has 2 aromatic rings. The summed E-state index contributed by atoms with van der Waals surface area (Å²) in [6, 6.07) is 13.8. The fourth-order valence-corrected chi connectivity index (χ4v) is 2.36. The zero-order chi connectivity index (χ0) is 14.4. The number of aryl methyl sites for hydroxylation is 1. The van der Waals surface area contributed by atoms with Gasteiger partial charge in [-0.25, -0.2) is 4.98 Å². The van der Waals surface area contributed by atoms with Crippen LogP contribution in [-0.2, 0) is 13.0 Å². The normalized spacial score (nSPS) is 12.3. The highest BCUT2D eigenvalue weighted by Crippen LogP contribution is 2.12. The highest BCUT2D eigenvalue weighted by Gasteiger charge is 2.03. The number of halogens is 1. The Kier molecular flexibility index (Phi) is 5.56. The van der Waals surface area contributed by atoms with Gasteiger partial charge < -0.3 is 10.4 Å². The third-order valence-electron chi connectivity index (χ3n) is 3.21. The van der Waals surface area contributed by atoms with Crippen LogP contribution in [0.15, 0.2) is 47.1 Å². The number of benzene rings is 1. The Morgan fingerprint density at radius 1 is 1.20 bits per heavy atom. The zero-order valence-corrected chi connectivity index (χ0v) is 13.1. The fraction of sp³-hybridized carbons (Fsp3) is 0.312. The van der Waals surface area contributed by atoms with E-state index in [2.05, 4.69) is 33.2 Å². The second kappa shape index (κ2) is 7.41. The highest BCUT2D eigenvalue weighted by molar-refractivity contribution is 9.10. The Balaban J connectivity index is 1.75. The number of pyridine rings is 1. The number of rotatable bonds is 6. The van der Waals surface area contributed by atoms with E-state index in [1.807, 2.05) is 30.3 Å². The van der Waals surface area contributed by atoms with Crippen molar-refractivity contribution in [1.82, 2.24) is 10.3 Å². The van der Waals surface area contributed by atoms with Gasteiger partial charge in [-0.2, -0.15) is 0 Å². The van der Waals surface area contributed by atoms with Crippen LogP contribution in [0.2, 0.25) is 0 Å². The van der Waals surface area contributed by atoms with Gasteiger partial charge in [0.1, 0.15) is 10.4 Å². The third kappa shape index (κ3) is 4.94. The van der Waals surface area contributed by atoms with Gasteiger partial charge >= 0.3 is 0 Å². The molecule has 3 nitrogen and oxygen atoms in total. The quantitative estimate of drug-likeness (QED) is 0.792. The monoisotopic (exact) mass is 334 g/mol. The van der Waals surface area contributed by atoms with E-state index in [-0.39, 0.29) is 0 Å². The minimum absolute atomic E-state index is 0.320. The number of nitrogens with zero attached hydrogens (tertiary/aromatic N) is 1. The van der Waals surface area contributed by atoms with Crippen molar-refractivity contribution in [2.45, 2.75) is 32.4 Å². The molecule has 1 heterocycles. The molecule has 2 rings (SSSR count). The Morgan fingerprint density at radius 3 is 2.65 bits per heavy atom. The number of phenols is 1. The third-order valence-corrected chi connectivity index (χ3v) is 3.65. The summed E-state index contributed by atoms with van der Waals surface area (Å²) in [5, 5.41) is 12.7. The summed E-state index contributed by atoms with van der Waals surface area (Å²) in [6.45, 7) is 2.95. The van der Waals surface area contributed by atoms with Crippen LogP contribution in [-0.4, -0.2) is 16.1 Å². The van der Waals surface area contributed by atoms with Gasteiger partial charge in [-0.3, -0.25) is 0 Å². The molecule has 1 atom stereocenters. The van der Waals surface area contributed by atoms with Crippen molar-refractivity contribution < 1.29 is 5.11 Å². The van der Waals surface area contributed by atoms with Gasteiger partial charge in [0.25, 0.3) is 0 Å². The van der Waals surface area contributed by atoms with Crippen molar-refractivity contribution in [3.05, 3.63) is 58.3 Å². The molecule has 0 amide bonds. The average molecular weight is 335 g/mol. The van der Waals surface area contributed by atoms with Gasteiger partial charge in [-0.15, -0.1) is 0 Å². The molecule has 0 aliphatic heterocycles. The number of aromatic nitrogens is 1. The summed E-state index contributed by atoms with van der Waals surface area (Å²) in [7, 11) is 0.